The van der Waals surface area contributed by atoms with Crippen LogP contribution in [0.15, 0.2) is 36.4 Å². The van der Waals surface area contributed by atoms with E-state index in [-0.39, 0.29) is 17.4 Å². The molecule has 1 aromatic heterocycles. The number of fused-ring (bicyclic) bond motifs is 11. The highest BCUT2D eigenvalue weighted by molar-refractivity contribution is 7.87. The molecular weight excluding hydrogens is 653 g/mol. The summed E-state index contributed by atoms with van der Waals surface area (Å²) in [5.74, 6) is 1.04. The molecule has 12 heteroatoms. The lowest BCUT2D eigenvalue weighted by Gasteiger charge is -2.44. The van der Waals surface area contributed by atoms with Gasteiger partial charge in [-0.1, -0.05) is 25.3 Å². The number of rotatable bonds is 6. The third-order valence-corrected chi connectivity index (χ3v) is 12.8. The van der Waals surface area contributed by atoms with E-state index in [2.05, 4.69) is 50.2 Å². The third kappa shape index (κ3) is 6.79. The number of amides is 2. The molecule has 270 valence electrons. The van der Waals surface area contributed by atoms with Crippen LogP contribution in [0.25, 0.3) is 22.2 Å². The van der Waals surface area contributed by atoms with Crippen LogP contribution in [0, 0.1) is 17.8 Å². The zero-order chi connectivity index (χ0) is 35.3. The first-order chi connectivity index (χ1) is 23.9. The Hall–Kier alpha value is -3.45. The average Bonchev–Trinajstić information content (AvgIpc) is 3.28. The highest BCUT2D eigenvalue weighted by Crippen LogP contribution is 2.47. The van der Waals surface area contributed by atoms with E-state index in [1.807, 2.05) is 18.2 Å². The first kappa shape index (κ1) is 35.0. The first-order valence-corrected chi connectivity index (χ1v) is 19.6. The maximum Gasteiger partial charge on any atom is 0.303 e. The van der Waals surface area contributed by atoms with Crippen LogP contribution < -0.4 is 9.46 Å². The monoisotopic (exact) mass is 704 g/mol. The first-order valence-electron chi connectivity index (χ1n) is 18.2. The lowest BCUT2D eigenvalue weighted by atomic mass is 9.81. The standard InChI is InChI=1S/C38H52N6O5S/c1-40(2)50(47,48)39-37(45)28-11-13-33-34(17-28)44-24-30(38(46)43-22-25-18-41(3)19-26(23-43)21-42(4)20-25)15-29-16-31(49-5)12-14-32(29)36(44)35(33)27-9-7-6-8-10-27/h11-14,16-17,25-27,30H,6-10,15,18-24H2,1-5H3,(H,39,45). The molecule has 3 aromatic rings. The van der Waals surface area contributed by atoms with Gasteiger partial charge in [0.25, 0.3) is 5.91 Å². The van der Waals surface area contributed by atoms with Crippen LogP contribution in [0.2, 0.25) is 0 Å². The van der Waals surface area contributed by atoms with E-state index in [0.717, 1.165) is 103 Å². The van der Waals surface area contributed by atoms with Crippen molar-refractivity contribution in [3.63, 3.8) is 0 Å². The molecule has 5 aliphatic rings. The van der Waals surface area contributed by atoms with Gasteiger partial charge >= 0.3 is 10.2 Å². The summed E-state index contributed by atoms with van der Waals surface area (Å²) in [5.41, 5.74) is 5.73. The summed E-state index contributed by atoms with van der Waals surface area (Å²) < 4.78 is 36.4. The van der Waals surface area contributed by atoms with E-state index < -0.39 is 16.1 Å². The van der Waals surface area contributed by atoms with Crippen LogP contribution in [0.4, 0.5) is 0 Å². The molecule has 0 spiro atoms. The predicted octanol–water partition coefficient (Wildman–Crippen LogP) is 4.02. The van der Waals surface area contributed by atoms with Gasteiger partial charge in [-0.2, -0.15) is 12.7 Å². The SMILES string of the molecule is COc1ccc2c(c1)CC(C(=O)N1CC3CN(C)CC(CN(C)C3)C1)Cn1c-2c(C2CCCCC2)c2ccc(C(=O)NS(=O)(=O)N(C)C)cc21. The molecule has 50 heavy (non-hydrogen) atoms. The van der Waals surface area contributed by atoms with Gasteiger partial charge in [0.15, 0.2) is 0 Å². The van der Waals surface area contributed by atoms with Crippen molar-refractivity contribution in [3.05, 3.63) is 53.1 Å². The number of aromatic nitrogens is 1. The quantitative estimate of drug-likeness (QED) is 0.413. The van der Waals surface area contributed by atoms with Gasteiger partial charge in [0.05, 0.1) is 18.7 Å². The summed E-state index contributed by atoms with van der Waals surface area (Å²) in [6.45, 7) is 5.84. The summed E-state index contributed by atoms with van der Waals surface area (Å²) in [4.78, 5) is 35.3. The molecule has 1 aliphatic carbocycles. The van der Waals surface area contributed by atoms with Crippen LogP contribution in [0.3, 0.4) is 0 Å². The second kappa shape index (κ2) is 13.9. The molecule has 1 unspecified atom stereocenters. The number of ether oxygens (including phenoxy) is 1. The van der Waals surface area contributed by atoms with Crippen LogP contribution in [-0.4, -0.2) is 118 Å². The average molecular weight is 705 g/mol. The Labute approximate surface area is 296 Å². The molecule has 8 rings (SSSR count). The van der Waals surface area contributed by atoms with Crippen molar-refractivity contribution in [1.82, 2.24) is 28.3 Å². The van der Waals surface area contributed by atoms with Gasteiger partial charge in [0.1, 0.15) is 5.75 Å². The number of carbonyl (C=O) groups is 2. The maximum absolute atomic E-state index is 14.9. The Morgan fingerprint density at radius 2 is 1.52 bits per heavy atom. The molecule has 1 N–H and O–H groups in total. The smallest absolute Gasteiger partial charge is 0.303 e. The fourth-order valence-corrected chi connectivity index (χ4v) is 9.81. The van der Waals surface area contributed by atoms with E-state index in [1.54, 1.807) is 13.2 Å². The lowest BCUT2D eigenvalue weighted by Crippen LogP contribution is -2.55. The lowest BCUT2D eigenvalue weighted by molar-refractivity contribution is -0.139. The molecule has 5 heterocycles. The molecule has 2 amide bonds. The van der Waals surface area contributed by atoms with E-state index in [4.69, 9.17) is 4.74 Å². The number of nitrogens with one attached hydrogen (secondary N) is 1. The maximum atomic E-state index is 14.9. The van der Waals surface area contributed by atoms with Crippen molar-refractivity contribution in [1.29, 1.82) is 0 Å². The second-order valence-electron chi connectivity index (χ2n) is 15.5. The summed E-state index contributed by atoms with van der Waals surface area (Å²) in [6.07, 6.45) is 6.32. The predicted molar refractivity (Wildman–Crippen MR) is 196 cm³/mol. The van der Waals surface area contributed by atoms with E-state index in [0.29, 0.717) is 30.7 Å². The van der Waals surface area contributed by atoms with Gasteiger partial charge in [-0.25, -0.2) is 4.72 Å². The van der Waals surface area contributed by atoms with Crippen molar-refractivity contribution in [2.75, 3.05) is 74.6 Å². The third-order valence-electron chi connectivity index (χ3n) is 11.4. The summed E-state index contributed by atoms with van der Waals surface area (Å²) in [7, 11) is 4.89. The Morgan fingerprint density at radius 3 is 2.14 bits per heavy atom. The summed E-state index contributed by atoms with van der Waals surface area (Å²) in [5, 5.41) is 1.07. The van der Waals surface area contributed by atoms with Crippen molar-refractivity contribution in [2.24, 2.45) is 17.8 Å². The Morgan fingerprint density at radius 1 is 0.860 bits per heavy atom. The number of methoxy groups -OCH3 is 1. The fourth-order valence-electron chi connectivity index (χ4n) is 9.28. The largest absolute Gasteiger partial charge is 0.497 e. The Bertz CT molecular complexity index is 1850. The van der Waals surface area contributed by atoms with Crippen LogP contribution in [0.1, 0.15) is 59.5 Å². The van der Waals surface area contributed by atoms with Crippen molar-refractivity contribution in [2.45, 2.75) is 51.0 Å². The number of hydrogen-bond acceptors (Lipinski definition) is 7. The van der Waals surface area contributed by atoms with Gasteiger partial charge in [0.2, 0.25) is 5.91 Å². The molecule has 11 nitrogen and oxygen atoms in total. The van der Waals surface area contributed by atoms with Crippen molar-refractivity contribution >= 4 is 32.9 Å². The second-order valence-corrected chi connectivity index (χ2v) is 17.4. The molecule has 2 bridgehead atoms. The Balaban J connectivity index is 1.36. The van der Waals surface area contributed by atoms with Gasteiger partial charge in [0, 0.05) is 93.8 Å². The Kier molecular flexibility index (Phi) is 9.75. The van der Waals surface area contributed by atoms with Crippen LogP contribution >= 0.6 is 0 Å². The normalized spacial score (nSPS) is 23.9. The topological polar surface area (TPSA) is 107 Å². The molecule has 1 saturated carbocycles. The van der Waals surface area contributed by atoms with Gasteiger partial charge in [-0.15, -0.1) is 0 Å². The molecule has 1 atom stereocenters. The van der Waals surface area contributed by atoms with Crippen molar-refractivity contribution < 1.29 is 22.7 Å². The zero-order valence-corrected chi connectivity index (χ0v) is 31.0. The molecular formula is C38H52N6O5S. The summed E-state index contributed by atoms with van der Waals surface area (Å²) >= 11 is 0. The van der Waals surface area contributed by atoms with Crippen molar-refractivity contribution in [3.8, 4) is 17.0 Å². The van der Waals surface area contributed by atoms with E-state index in [9.17, 15) is 18.0 Å². The zero-order valence-electron chi connectivity index (χ0n) is 30.2. The number of benzene rings is 2. The van der Waals surface area contributed by atoms with Gasteiger partial charge in [-0.05, 0) is 80.7 Å². The van der Waals surface area contributed by atoms with E-state index in [1.165, 1.54) is 26.1 Å². The fraction of sp³-hybridized carbons (Fsp3) is 0.579. The molecule has 0 radical (unpaired) electrons. The highest BCUT2D eigenvalue weighted by Gasteiger charge is 2.38. The number of hydrogen-bond donors (Lipinski definition) is 1. The molecule has 2 aromatic carbocycles. The minimum Gasteiger partial charge on any atom is -0.497 e. The minimum absolute atomic E-state index is 0.183. The molecule has 4 fully saturated rings. The van der Waals surface area contributed by atoms with Gasteiger partial charge < -0.3 is 24.0 Å². The van der Waals surface area contributed by atoms with Gasteiger partial charge in [-0.3, -0.25) is 9.59 Å². The van der Waals surface area contributed by atoms with E-state index >= 15 is 0 Å². The number of nitrogens with zero attached hydrogens (tertiary/aromatic N) is 5. The molecule has 3 saturated heterocycles. The minimum atomic E-state index is -3.97. The summed E-state index contributed by atoms with van der Waals surface area (Å²) in [6, 6.07) is 11.8. The number of carbonyl (C=O) groups excluding carboxylic acids is 2. The van der Waals surface area contributed by atoms with Crippen LogP contribution in [-0.2, 0) is 28.0 Å². The van der Waals surface area contributed by atoms with Crippen LogP contribution in [0.5, 0.6) is 5.75 Å². The highest BCUT2D eigenvalue weighted by atomic mass is 32.2. The molecule has 4 aliphatic heterocycles.